The third kappa shape index (κ3) is 4.42. The Morgan fingerprint density at radius 2 is 1.75 bits per heavy atom. The third-order valence-electron chi connectivity index (χ3n) is 4.77. The average molecular weight is 391 g/mol. The molecule has 2 aromatic rings. The van der Waals surface area contributed by atoms with Gasteiger partial charge in [0, 0.05) is 30.4 Å². The van der Waals surface area contributed by atoms with Crippen LogP contribution in [0, 0.1) is 23.1 Å². The lowest BCUT2D eigenvalue weighted by molar-refractivity contribution is -0.137. The minimum Gasteiger partial charge on any atom is -0.371 e. The van der Waals surface area contributed by atoms with Crippen molar-refractivity contribution in [1.82, 2.24) is 0 Å². The summed E-state index contributed by atoms with van der Waals surface area (Å²) in [5.74, 6) is -0.865. The fourth-order valence-corrected chi connectivity index (χ4v) is 3.24. The Hall–Kier alpha value is -3.08. The van der Waals surface area contributed by atoms with Crippen LogP contribution < -0.4 is 10.2 Å². The van der Waals surface area contributed by atoms with Crippen LogP contribution in [0.2, 0.25) is 0 Å². The van der Waals surface area contributed by atoms with E-state index >= 15 is 0 Å². The minimum absolute atomic E-state index is 0.193. The first-order valence-electron chi connectivity index (χ1n) is 8.70. The monoisotopic (exact) mass is 391 g/mol. The van der Waals surface area contributed by atoms with Crippen molar-refractivity contribution in [1.29, 1.82) is 5.26 Å². The first-order chi connectivity index (χ1) is 13.3. The molecule has 28 heavy (non-hydrogen) atoms. The summed E-state index contributed by atoms with van der Waals surface area (Å²) in [5, 5.41) is 11.6. The average Bonchev–Trinajstić information content (AvgIpc) is 2.68. The molecule has 0 bridgehead atoms. The number of halogens is 4. The van der Waals surface area contributed by atoms with Gasteiger partial charge in [0.1, 0.15) is 5.82 Å². The summed E-state index contributed by atoms with van der Waals surface area (Å²) in [7, 11) is 0. The highest BCUT2D eigenvalue weighted by Gasteiger charge is 2.34. The number of carbonyl (C=O) groups excluding carboxylic acids is 1. The second-order valence-electron chi connectivity index (χ2n) is 6.60. The van der Waals surface area contributed by atoms with Crippen LogP contribution in [-0.2, 0) is 11.0 Å². The zero-order chi connectivity index (χ0) is 20.3. The van der Waals surface area contributed by atoms with Gasteiger partial charge >= 0.3 is 6.18 Å². The van der Waals surface area contributed by atoms with E-state index in [0.717, 1.165) is 6.07 Å². The summed E-state index contributed by atoms with van der Waals surface area (Å²) in [6.07, 6.45) is -3.64. The maximum atomic E-state index is 13.1. The summed E-state index contributed by atoms with van der Waals surface area (Å²) in [5.41, 5.74) is -0.493. The van der Waals surface area contributed by atoms with Crippen molar-refractivity contribution in [3.8, 4) is 6.07 Å². The van der Waals surface area contributed by atoms with Crippen LogP contribution in [0.15, 0.2) is 42.5 Å². The number of rotatable bonds is 3. The minimum atomic E-state index is -4.60. The number of nitrogens with zero attached hydrogens (tertiary/aromatic N) is 2. The molecule has 4 nitrogen and oxygen atoms in total. The van der Waals surface area contributed by atoms with Gasteiger partial charge < -0.3 is 10.2 Å². The van der Waals surface area contributed by atoms with Gasteiger partial charge in [0.05, 0.1) is 17.2 Å². The molecule has 1 aliphatic rings. The van der Waals surface area contributed by atoms with E-state index < -0.39 is 23.1 Å². The second-order valence-corrected chi connectivity index (χ2v) is 6.60. The SMILES string of the molecule is N#Cc1ccc(N2CCC(C(=O)Nc3ccc(F)cc3)CC2)cc1C(F)(F)F. The fraction of sp³-hybridized carbons (Fsp3) is 0.300. The first-order valence-corrected chi connectivity index (χ1v) is 8.70. The van der Waals surface area contributed by atoms with Gasteiger partial charge in [-0.1, -0.05) is 0 Å². The molecular formula is C20H17F4N3O. The number of piperidine rings is 1. The van der Waals surface area contributed by atoms with Gasteiger partial charge in [-0.2, -0.15) is 18.4 Å². The van der Waals surface area contributed by atoms with Crippen molar-refractivity contribution in [3.05, 3.63) is 59.4 Å². The number of nitrogens with one attached hydrogen (secondary N) is 1. The topological polar surface area (TPSA) is 56.1 Å². The van der Waals surface area contributed by atoms with Crippen LogP contribution >= 0.6 is 0 Å². The Labute approximate surface area is 159 Å². The number of hydrogen-bond donors (Lipinski definition) is 1. The zero-order valence-corrected chi connectivity index (χ0v) is 14.8. The predicted molar refractivity (Wildman–Crippen MR) is 96.1 cm³/mol. The first kappa shape index (κ1) is 19.7. The molecule has 1 N–H and O–H groups in total. The van der Waals surface area contributed by atoms with E-state index in [1.165, 1.54) is 36.4 Å². The normalized spacial score (nSPS) is 15.2. The van der Waals surface area contributed by atoms with Crippen molar-refractivity contribution in [2.45, 2.75) is 19.0 Å². The van der Waals surface area contributed by atoms with Crippen LogP contribution in [0.1, 0.15) is 24.0 Å². The largest absolute Gasteiger partial charge is 0.417 e. The van der Waals surface area contributed by atoms with Crippen LogP contribution in [-0.4, -0.2) is 19.0 Å². The van der Waals surface area contributed by atoms with E-state index in [4.69, 9.17) is 5.26 Å². The van der Waals surface area contributed by atoms with E-state index in [0.29, 0.717) is 37.3 Å². The maximum Gasteiger partial charge on any atom is 0.417 e. The Morgan fingerprint density at radius 3 is 2.32 bits per heavy atom. The molecule has 0 radical (unpaired) electrons. The number of amides is 1. The highest BCUT2D eigenvalue weighted by Crippen LogP contribution is 2.35. The van der Waals surface area contributed by atoms with Crippen molar-refractivity contribution < 1.29 is 22.4 Å². The molecule has 0 aliphatic carbocycles. The number of benzene rings is 2. The maximum absolute atomic E-state index is 13.1. The Morgan fingerprint density at radius 1 is 1.11 bits per heavy atom. The summed E-state index contributed by atoms with van der Waals surface area (Å²) in [6, 6.07) is 10.7. The lowest BCUT2D eigenvalue weighted by Gasteiger charge is -2.33. The lowest BCUT2D eigenvalue weighted by Crippen LogP contribution is -2.38. The smallest absolute Gasteiger partial charge is 0.371 e. The molecule has 1 heterocycles. The number of carbonyl (C=O) groups is 1. The molecule has 8 heteroatoms. The Bertz CT molecular complexity index is 895. The molecule has 0 saturated carbocycles. The van der Waals surface area contributed by atoms with E-state index in [1.54, 1.807) is 11.0 Å². The molecule has 1 amide bonds. The van der Waals surface area contributed by atoms with Crippen molar-refractivity contribution in [2.75, 3.05) is 23.3 Å². The van der Waals surface area contributed by atoms with E-state index in [2.05, 4.69) is 5.32 Å². The van der Waals surface area contributed by atoms with Gasteiger partial charge in [-0.05, 0) is 55.3 Å². The Kier molecular flexibility index (Phi) is 5.54. The van der Waals surface area contributed by atoms with Gasteiger partial charge in [-0.15, -0.1) is 0 Å². The van der Waals surface area contributed by atoms with Crippen LogP contribution in [0.25, 0.3) is 0 Å². The second kappa shape index (κ2) is 7.89. The van der Waals surface area contributed by atoms with Crippen molar-refractivity contribution in [2.24, 2.45) is 5.92 Å². The molecule has 1 fully saturated rings. The molecule has 1 aliphatic heterocycles. The molecule has 146 valence electrons. The molecule has 1 saturated heterocycles. The van der Waals surface area contributed by atoms with Gasteiger partial charge in [0.2, 0.25) is 5.91 Å². The molecule has 3 rings (SSSR count). The van der Waals surface area contributed by atoms with Gasteiger partial charge in [0.15, 0.2) is 0 Å². The zero-order valence-electron chi connectivity index (χ0n) is 14.8. The number of nitriles is 1. The highest BCUT2D eigenvalue weighted by molar-refractivity contribution is 5.92. The number of anilines is 2. The van der Waals surface area contributed by atoms with E-state index in [-0.39, 0.29) is 11.8 Å². The standard InChI is InChI=1S/C20H17F4N3O/c21-15-2-4-16(5-3-15)26-19(28)13-7-9-27(10-8-13)17-6-1-14(12-25)18(11-17)20(22,23)24/h1-6,11,13H,7-10H2,(H,26,28). The van der Waals surface area contributed by atoms with Crippen LogP contribution in [0.4, 0.5) is 28.9 Å². The third-order valence-corrected chi connectivity index (χ3v) is 4.77. The van der Waals surface area contributed by atoms with Crippen LogP contribution in [0.5, 0.6) is 0 Å². The molecular weight excluding hydrogens is 374 g/mol. The van der Waals surface area contributed by atoms with Crippen molar-refractivity contribution >= 4 is 17.3 Å². The fourth-order valence-electron chi connectivity index (χ4n) is 3.24. The van der Waals surface area contributed by atoms with Gasteiger partial charge in [-0.3, -0.25) is 4.79 Å². The number of alkyl halides is 3. The summed E-state index contributed by atoms with van der Waals surface area (Å²) in [6.45, 7) is 0.843. The van der Waals surface area contributed by atoms with E-state index in [1.807, 2.05) is 0 Å². The van der Waals surface area contributed by atoms with Crippen LogP contribution in [0.3, 0.4) is 0 Å². The summed E-state index contributed by atoms with van der Waals surface area (Å²) < 4.78 is 52.3. The molecule has 0 atom stereocenters. The summed E-state index contributed by atoms with van der Waals surface area (Å²) in [4.78, 5) is 14.1. The lowest BCUT2D eigenvalue weighted by atomic mass is 9.95. The predicted octanol–water partition coefficient (Wildman–Crippen LogP) is 4.57. The molecule has 0 spiro atoms. The molecule has 0 aromatic heterocycles. The summed E-state index contributed by atoms with van der Waals surface area (Å²) >= 11 is 0. The van der Waals surface area contributed by atoms with Gasteiger partial charge in [-0.25, -0.2) is 4.39 Å². The van der Waals surface area contributed by atoms with Crippen molar-refractivity contribution in [3.63, 3.8) is 0 Å². The highest BCUT2D eigenvalue weighted by atomic mass is 19.4. The molecule has 2 aromatic carbocycles. The molecule has 0 unspecified atom stereocenters. The van der Waals surface area contributed by atoms with Gasteiger partial charge in [0.25, 0.3) is 0 Å². The quantitative estimate of drug-likeness (QED) is 0.780. The Balaban J connectivity index is 1.64. The van der Waals surface area contributed by atoms with E-state index in [9.17, 15) is 22.4 Å². The number of hydrogen-bond acceptors (Lipinski definition) is 3.